The molecule has 1 aliphatic rings. The van der Waals surface area contributed by atoms with Gasteiger partial charge in [0.15, 0.2) is 10.3 Å². The number of nitrogens with one attached hydrogen (secondary N) is 2. The topological polar surface area (TPSA) is 91.0 Å². The van der Waals surface area contributed by atoms with Gasteiger partial charge in [0.05, 0.1) is 5.69 Å². The van der Waals surface area contributed by atoms with Gasteiger partial charge >= 0.3 is 0 Å². The van der Waals surface area contributed by atoms with Crippen LogP contribution in [0.4, 0.5) is 5.13 Å². The van der Waals surface area contributed by atoms with Crippen LogP contribution in [0, 0.1) is 6.92 Å². The predicted molar refractivity (Wildman–Crippen MR) is 125 cm³/mol. The highest BCUT2D eigenvalue weighted by Gasteiger charge is 2.21. The SMILES string of the molecule is CSc1nc(C)c(CCC(=O)Nc2nc3c(s2)CN(Cc2ccccc2)CC3)c(=O)[nH]1. The van der Waals surface area contributed by atoms with E-state index in [0.29, 0.717) is 28.0 Å². The van der Waals surface area contributed by atoms with Gasteiger partial charge < -0.3 is 10.3 Å². The molecule has 0 saturated carbocycles. The molecule has 0 fully saturated rings. The Morgan fingerprint density at radius 1 is 1.29 bits per heavy atom. The van der Waals surface area contributed by atoms with E-state index in [2.05, 4.69) is 49.4 Å². The van der Waals surface area contributed by atoms with Gasteiger partial charge in [0.25, 0.3) is 5.56 Å². The molecular weight excluding hydrogens is 430 g/mol. The molecule has 1 amide bonds. The van der Waals surface area contributed by atoms with Gasteiger partial charge in [0.1, 0.15) is 0 Å². The molecule has 3 heterocycles. The molecule has 0 saturated heterocycles. The maximum Gasteiger partial charge on any atom is 0.254 e. The Labute approximate surface area is 189 Å². The van der Waals surface area contributed by atoms with Crippen molar-refractivity contribution in [3.05, 3.63) is 68.1 Å². The Kier molecular flexibility index (Phi) is 6.84. The lowest BCUT2D eigenvalue weighted by molar-refractivity contribution is -0.116. The molecule has 0 spiro atoms. The first-order chi connectivity index (χ1) is 15.0. The number of amides is 1. The summed E-state index contributed by atoms with van der Waals surface area (Å²) >= 11 is 2.93. The zero-order chi connectivity index (χ0) is 21.8. The Hall–Kier alpha value is -2.49. The molecule has 2 N–H and O–H groups in total. The maximum atomic E-state index is 12.5. The molecule has 0 aliphatic carbocycles. The fraction of sp³-hybridized carbons (Fsp3) is 0.364. The molecule has 31 heavy (non-hydrogen) atoms. The third kappa shape index (κ3) is 5.41. The van der Waals surface area contributed by atoms with E-state index in [1.54, 1.807) is 18.3 Å². The number of hydrogen-bond acceptors (Lipinski definition) is 7. The molecule has 0 atom stereocenters. The fourth-order valence-electron chi connectivity index (χ4n) is 3.67. The van der Waals surface area contributed by atoms with Gasteiger partial charge in [-0.1, -0.05) is 42.1 Å². The number of rotatable bonds is 7. The molecule has 0 unspecified atom stereocenters. The number of fused-ring (bicyclic) bond motifs is 1. The lowest BCUT2D eigenvalue weighted by Crippen LogP contribution is -2.29. The number of nitrogens with zero attached hydrogens (tertiary/aromatic N) is 3. The second-order valence-corrected chi connectivity index (χ2v) is 9.40. The van der Waals surface area contributed by atoms with E-state index in [0.717, 1.165) is 31.7 Å². The summed E-state index contributed by atoms with van der Waals surface area (Å²) in [4.78, 5) is 40.0. The van der Waals surface area contributed by atoms with Gasteiger partial charge in [-0.2, -0.15) is 0 Å². The van der Waals surface area contributed by atoms with E-state index in [4.69, 9.17) is 0 Å². The largest absolute Gasteiger partial charge is 0.302 e. The highest BCUT2D eigenvalue weighted by atomic mass is 32.2. The summed E-state index contributed by atoms with van der Waals surface area (Å²) in [5.41, 5.74) is 3.43. The minimum absolute atomic E-state index is 0.139. The summed E-state index contributed by atoms with van der Waals surface area (Å²) in [5.74, 6) is -0.139. The standard InChI is InChI=1S/C22H25N5O2S2/c1-14-16(20(29)26-21(23-14)30-2)8-9-19(28)25-22-24-17-10-11-27(13-18(17)31-22)12-15-6-4-3-5-7-15/h3-7H,8-13H2,1-2H3,(H,23,26,29)(H,24,25,28). The van der Waals surface area contributed by atoms with E-state index in [-0.39, 0.29) is 17.9 Å². The number of benzene rings is 1. The highest BCUT2D eigenvalue weighted by Crippen LogP contribution is 2.29. The van der Waals surface area contributed by atoms with Crippen LogP contribution in [0.15, 0.2) is 40.3 Å². The summed E-state index contributed by atoms with van der Waals surface area (Å²) in [6.45, 7) is 4.52. The lowest BCUT2D eigenvalue weighted by atomic mass is 10.1. The zero-order valence-corrected chi connectivity index (χ0v) is 19.2. The van der Waals surface area contributed by atoms with E-state index in [1.807, 2.05) is 12.3 Å². The maximum absolute atomic E-state index is 12.5. The lowest BCUT2D eigenvalue weighted by Gasteiger charge is -2.25. The number of anilines is 1. The van der Waals surface area contributed by atoms with Crippen molar-refractivity contribution in [2.24, 2.45) is 0 Å². The van der Waals surface area contributed by atoms with Crippen LogP contribution in [0.5, 0.6) is 0 Å². The summed E-state index contributed by atoms with van der Waals surface area (Å²) in [7, 11) is 0. The minimum atomic E-state index is -0.173. The normalized spacial score (nSPS) is 13.7. The average Bonchev–Trinajstić information content (AvgIpc) is 3.15. The molecule has 0 bridgehead atoms. The van der Waals surface area contributed by atoms with Crippen molar-refractivity contribution < 1.29 is 4.79 Å². The van der Waals surface area contributed by atoms with Gasteiger partial charge in [-0.3, -0.25) is 14.5 Å². The molecule has 3 aromatic rings. The van der Waals surface area contributed by atoms with Crippen LogP contribution in [0.1, 0.15) is 33.8 Å². The van der Waals surface area contributed by atoms with E-state index >= 15 is 0 Å². The monoisotopic (exact) mass is 455 g/mol. The molecule has 0 radical (unpaired) electrons. The van der Waals surface area contributed by atoms with Gasteiger partial charge in [0.2, 0.25) is 5.91 Å². The summed E-state index contributed by atoms with van der Waals surface area (Å²) in [5, 5.41) is 4.13. The number of hydrogen-bond donors (Lipinski definition) is 2. The smallest absolute Gasteiger partial charge is 0.254 e. The Morgan fingerprint density at radius 2 is 2.10 bits per heavy atom. The summed E-state index contributed by atoms with van der Waals surface area (Å²) < 4.78 is 0. The first-order valence-corrected chi connectivity index (χ1v) is 12.2. The number of carbonyl (C=O) groups excluding carboxylic acids is 1. The van der Waals surface area contributed by atoms with E-state index in [1.165, 1.54) is 22.2 Å². The first kappa shape index (κ1) is 21.7. The van der Waals surface area contributed by atoms with Crippen LogP contribution in [0.2, 0.25) is 0 Å². The molecule has 4 rings (SSSR count). The van der Waals surface area contributed by atoms with Crippen LogP contribution < -0.4 is 10.9 Å². The quantitative estimate of drug-likeness (QED) is 0.419. The number of aromatic nitrogens is 3. The van der Waals surface area contributed by atoms with Crippen LogP contribution in [-0.2, 0) is 30.7 Å². The molecular formula is C22H25N5O2S2. The van der Waals surface area contributed by atoms with E-state index < -0.39 is 0 Å². The van der Waals surface area contributed by atoms with Crippen molar-refractivity contribution in [2.75, 3.05) is 18.1 Å². The number of thiazole rings is 1. The van der Waals surface area contributed by atoms with Gasteiger partial charge in [-0.05, 0) is 25.2 Å². The second kappa shape index (κ2) is 9.76. The number of H-pyrrole nitrogens is 1. The fourth-order valence-corrected chi connectivity index (χ4v) is 5.16. The third-order valence-corrected chi connectivity index (χ3v) is 6.88. The first-order valence-electron chi connectivity index (χ1n) is 10.2. The van der Waals surface area contributed by atoms with E-state index in [9.17, 15) is 9.59 Å². The summed E-state index contributed by atoms with van der Waals surface area (Å²) in [6.07, 6.45) is 3.31. The van der Waals surface area contributed by atoms with Crippen molar-refractivity contribution in [2.45, 2.75) is 44.4 Å². The Bertz CT molecular complexity index is 1130. The van der Waals surface area contributed by atoms with Crippen molar-refractivity contribution >= 4 is 34.1 Å². The predicted octanol–water partition coefficient (Wildman–Crippen LogP) is 3.39. The van der Waals surface area contributed by atoms with Crippen LogP contribution >= 0.6 is 23.1 Å². The van der Waals surface area contributed by atoms with Crippen LogP contribution in [-0.4, -0.2) is 38.6 Å². The molecule has 7 nitrogen and oxygen atoms in total. The molecule has 9 heteroatoms. The van der Waals surface area contributed by atoms with Gasteiger partial charge in [-0.25, -0.2) is 9.97 Å². The Balaban J connectivity index is 1.34. The number of aromatic amines is 1. The van der Waals surface area contributed by atoms with Crippen LogP contribution in [0.3, 0.4) is 0 Å². The Morgan fingerprint density at radius 3 is 2.84 bits per heavy atom. The average molecular weight is 456 g/mol. The molecule has 1 aliphatic heterocycles. The number of carbonyl (C=O) groups is 1. The highest BCUT2D eigenvalue weighted by molar-refractivity contribution is 7.98. The third-order valence-electron chi connectivity index (χ3n) is 5.30. The molecule has 162 valence electrons. The number of thioether (sulfide) groups is 1. The number of aryl methyl sites for hydroxylation is 1. The van der Waals surface area contributed by atoms with Gasteiger partial charge in [0, 0.05) is 48.6 Å². The summed E-state index contributed by atoms with van der Waals surface area (Å²) in [6, 6.07) is 10.4. The van der Waals surface area contributed by atoms with Crippen molar-refractivity contribution in [3.8, 4) is 0 Å². The van der Waals surface area contributed by atoms with Crippen LogP contribution in [0.25, 0.3) is 0 Å². The van der Waals surface area contributed by atoms with Gasteiger partial charge in [-0.15, -0.1) is 11.3 Å². The van der Waals surface area contributed by atoms with Crippen molar-refractivity contribution in [1.82, 2.24) is 19.9 Å². The zero-order valence-electron chi connectivity index (χ0n) is 17.6. The molecule has 2 aromatic heterocycles. The second-order valence-electron chi connectivity index (χ2n) is 7.52. The van der Waals surface area contributed by atoms with Crippen molar-refractivity contribution in [3.63, 3.8) is 0 Å². The molecule has 1 aromatic carbocycles. The minimum Gasteiger partial charge on any atom is -0.302 e. The van der Waals surface area contributed by atoms with Crippen molar-refractivity contribution in [1.29, 1.82) is 0 Å².